The Hall–Kier alpha value is -0.570. The van der Waals surface area contributed by atoms with Crippen molar-refractivity contribution >= 4 is 5.91 Å². The molecule has 2 fully saturated rings. The molecule has 2 saturated heterocycles. The van der Waals surface area contributed by atoms with Gasteiger partial charge in [0.2, 0.25) is 5.91 Å². The summed E-state index contributed by atoms with van der Waals surface area (Å²) in [6.07, 6.45) is 2.17. The molecule has 0 saturated carbocycles. The molecule has 2 aliphatic heterocycles. The van der Waals surface area contributed by atoms with Crippen molar-refractivity contribution in [3.63, 3.8) is 0 Å². The highest BCUT2D eigenvalue weighted by Crippen LogP contribution is 2.29. The minimum Gasteiger partial charge on any atom is -0.341 e. The van der Waals surface area contributed by atoms with Gasteiger partial charge in [-0.25, -0.2) is 0 Å². The molecule has 1 atom stereocenters. The minimum absolute atomic E-state index is 0.133. The molecule has 0 unspecified atom stereocenters. The maximum atomic E-state index is 11.8. The summed E-state index contributed by atoms with van der Waals surface area (Å²) in [7, 11) is 0. The fourth-order valence-corrected chi connectivity index (χ4v) is 2.02. The van der Waals surface area contributed by atoms with E-state index in [-0.39, 0.29) is 6.04 Å². The molecule has 1 N–H and O–H groups in total. The van der Waals surface area contributed by atoms with Crippen molar-refractivity contribution in [2.45, 2.75) is 46.6 Å². The predicted molar refractivity (Wildman–Crippen MR) is 62.7 cm³/mol. The molecule has 0 spiro atoms. The second-order valence-electron chi connectivity index (χ2n) is 4.97. The Morgan fingerprint density at radius 1 is 1.40 bits per heavy atom. The predicted octanol–water partition coefficient (Wildman–Crippen LogP) is 1.63. The molecule has 0 bridgehead atoms. The Morgan fingerprint density at radius 2 is 2.00 bits per heavy atom. The Balaban J connectivity index is 0.000000531. The van der Waals surface area contributed by atoms with E-state index in [1.807, 2.05) is 18.7 Å². The van der Waals surface area contributed by atoms with Crippen molar-refractivity contribution in [3.8, 4) is 0 Å². The van der Waals surface area contributed by atoms with Crippen molar-refractivity contribution in [1.82, 2.24) is 10.2 Å². The molecule has 0 radical (unpaired) electrons. The van der Waals surface area contributed by atoms with Crippen LogP contribution in [0.15, 0.2) is 0 Å². The van der Waals surface area contributed by atoms with E-state index < -0.39 is 0 Å². The molecule has 2 heterocycles. The monoisotopic (exact) mass is 212 g/mol. The highest BCUT2D eigenvalue weighted by molar-refractivity contribution is 5.83. The maximum Gasteiger partial charge on any atom is 0.239 e. The van der Waals surface area contributed by atoms with Crippen LogP contribution in [0, 0.1) is 5.41 Å². The molecule has 3 nitrogen and oxygen atoms in total. The molecular weight excluding hydrogens is 188 g/mol. The SMILES string of the molecule is CC.CC1(C)CCN(C(=O)[C@@H]2CCN2)C1. The number of hydrogen-bond donors (Lipinski definition) is 1. The smallest absolute Gasteiger partial charge is 0.239 e. The van der Waals surface area contributed by atoms with Gasteiger partial charge in [-0.3, -0.25) is 4.79 Å². The highest BCUT2D eigenvalue weighted by atomic mass is 16.2. The number of carbonyl (C=O) groups excluding carboxylic acids is 1. The quantitative estimate of drug-likeness (QED) is 0.716. The average molecular weight is 212 g/mol. The lowest BCUT2D eigenvalue weighted by atomic mass is 9.93. The topological polar surface area (TPSA) is 32.3 Å². The standard InChI is InChI=1S/C10H18N2O.C2H6/c1-10(2)4-6-12(7-10)9(13)8-3-5-11-8;1-2/h8,11H,3-7H2,1-2H3;1-2H3/t8-;/m0./s1. The van der Waals surface area contributed by atoms with Gasteiger partial charge in [0.05, 0.1) is 6.04 Å². The van der Waals surface area contributed by atoms with Crippen molar-refractivity contribution in [1.29, 1.82) is 0 Å². The zero-order valence-electron chi connectivity index (χ0n) is 10.5. The number of rotatable bonds is 1. The summed E-state index contributed by atoms with van der Waals surface area (Å²) in [5, 5.41) is 3.16. The van der Waals surface area contributed by atoms with Crippen LogP contribution < -0.4 is 5.32 Å². The minimum atomic E-state index is 0.133. The molecule has 1 amide bonds. The van der Waals surface area contributed by atoms with Crippen LogP contribution in [0.1, 0.15) is 40.5 Å². The van der Waals surface area contributed by atoms with Gasteiger partial charge in [0.1, 0.15) is 0 Å². The number of nitrogens with zero attached hydrogens (tertiary/aromatic N) is 1. The van der Waals surface area contributed by atoms with E-state index in [0.717, 1.165) is 32.5 Å². The van der Waals surface area contributed by atoms with Crippen LogP contribution in [0.5, 0.6) is 0 Å². The fourth-order valence-electron chi connectivity index (χ4n) is 2.02. The average Bonchev–Trinajstić information content (AvgIpc) is 2.46. The van der Waals surface area contributed by atoms with Crippen LogP contribution in [0.25, 0.3) is 0 Å². The normalized spacial score (nSPS) is 27.7. The molecular formula is C12H24N2O. The van der Waals surface area contributed by atoms with E-state index in [9.17, 15) is 4.79 Å². The third-order valence-corrected chi connectivity index (χ3v) is 3.11. The van der Waals surface area contributed by atoms with Crippen molar-refractivity contribution < 1.29 is 4.79 Å². The van der Waals surface area contributed by atoms with E-state index in [1.54, 1.807) is 0 Å². The number of amides is 1. The van der Waals surface area contributed by atoms with Crippen LogP contribution in [0.2, 0.25) is 0 Å². The van der Waals surface area contributed by atoms with Gasteiger partial charge in [-0.05, 0) is 24.8 Å². The third kappa shape index (κ3) is 2.94. The Bertz CT molecular complexity index is 222. The van der Waals surface area contributed by atoms with Gasteiger partial charge in [0.25, 0.3) is 0 Å². The Labute approximate surface area is 93.2 Å². The lowest BCUT2D eigenvalue weighted by Crippen LogP contribution is -2.54. The molecule has 0 aliphatic carbocycles. The summed E-state index contributed by atoms with van der Waals surface area (Å²) in [5.41, 5.74) is 0.333. The number of nitrogens with one attached hydrogen (secondary N) is 1. The van der Waals surface area contributed by atoms with E-state index >= 15 is 0 Å². The lowest BCUT2D eigenvalue weighted by Gasteiger charge is -2.31. The first-order valence-electron chi connectivity index (χ1n) is 6.11. The number of likely N-dealkylation sites (tertiary alicyclic amines) is 1. The molecule has 2 aliphatic rings. The summed E-state index contributed by atoms with van der Waals surface area (Å²) in [4.78, 5) is 13.8. The third-order valence-electron chi connectivity index (χ3n) is 3.11. The largest absolute Gasteiger partial charge is 0.341 e. The zero-order valence-corrected chi connectivity index (χ0v) is 10.5. The lowest BCUT2D eigenvalue weighted by molar-refractivity contribution is -0.134. The molecule has 0 aromatic rings. The van der Waals surface area contributed by atoms with Crippen LogP contribution in [-0.4, -0.2) is 36.5 Å². The van der Waals surface area contributed by atoms with Crippen LogP contribution in [0.4, 0.5) is 0 Å². The first-order chi connectivity index (χ1) is 7.08. The van der Waals surface area contributed by atoms with Gasteiger partial charge in [-0.2, -0.15) is 0 Å². The molecule has 88 valence electrons. The van der Waals surface area contributed by atoms with Gasteiger partial charge in [-0.1, -0.05) is 27.7 Å². The van der Waals surface area contributed by atoms with E-state index in [4.69, 9.17) is 0 Å². The second kappa shape index (κ2) is 4.97. The fraction of sp³-hybridized carbons (Fsp3) is 0.917. The Morgan fingerprint density at radius 3 is 2.33 bits per heavy atom. The van der Waals surface area contributed by atoms with Gasteiger partial charge >= 0.3 is 0 Å². The van der Waals surface area contributed by atoms with Gasteiger partial charge < -0.3 is 10.2 Å². The molecule has 2 rings (SSSR count). The van der Waals surface area contributed by atoms with Crippen molar-refractivity contribution in [2.24, 2.45) is 5.41 Å². The molecule has 0 aromatic heterocycles. The van der Waals surface area contributed by atoms with Crippen molar-refractivity contribution in [2.75, 3.05) is 19.6 Å². The van der Waals surface area contributed by atoms with Crippen molar-refractivity contribution in [3.05, 3.63) is 0 Å². The first-order valence-corrected chi connectivity index (χ1v) is 6.11. The van der Waals surface area contributed by atoms with Gasteiger partial charge in [-0.15, -0.1) is 0 Å². The van der Waals surface area contributed by atoms with E-state index in [0.29, 0.717) is 11.3 Å². The summed E-state index contributed by atoms with van der Waals surface area (Å²) >= 11 is 0. The molecule has 15 heavy (non-hydrogen) atoms. The summed E-state index contributed by atoms with van der Waals surface area (Å²) in [6.45, 7) is 11.4. The summed E-state index contributed by atoms with van der Waals surface area (Å²) in [6, 6.07) is 0.133. The van der Waals surface area contributed by atoms with Gasteiger partial charge in [0.15, 0.2) is 0 Å². The van der Waals surface area contributed by atoms with Crippen LogP contribution >= 0.6 is 0 Å². The molecule has 3 heteroatoms. The van der Waals surface area contributed by atoms with E-state index in [2.05, 4.69) is 19.2 Å². The second-order valence-corrected chi connectivity index (χ2v) is 4.97. The maximum absolute atomic E-state index is 11.8. The Kier molecular flexibility index (Phi) is 4.14. The van der Waals surface area contributed by atoms with Crippen LogP contribution in [-0.2, 0) is 4.79 Å². The summed E-state index contributed by atoms with van der Waals surface area (Å²) < 4.78 is 0. The summed E-state index contributed by atoms with van der Waals surface area (Å²) in [5.74, 6) is 0.317. The first kappa shape index (κ1) is 12.5. The van der Waals surface area contributed by atoms with Crippen LogP contribution in [0.3, 0.4) is 0 Å². The van der Waals surface area contributed by atoms with E-state index in [1.165, 1.54) is 0 Å². The highest BCUT2D eigenvalue weighted by Gasteiger charge is 2.36. The molecule has 0 aromatic carbocycles. The number of carbonyl (C=O) groups is 1. The van der Waals surface area contributed by atoms with Gasteiger partial charge in [0, 0.05) is 13.1 Å². The number of hydrogen-bond acceptors (Lipinski definition) is 2. The zero-order chi connectivity index (χ0) is 11.5.